The minimum Gasteiger partial charge on any atom is -0.506 e. The van der Waals surface area contributed by atoms with Crippen LogP contribution in [0.15, 0.2) is 65.7 Å². The predicted octanol–water partition coefficient (Wildman–Crippen LogP) is 5.33. The maximum Gasteiger partial charge on any atom is 0.254 e. The number of rotatable bonds is 8. The number of hydrogen-bond acceptors (Lipinski definition) is 6. The molecular weight excluding hydrogens is 428 g/mol. The molecule has 1 amide bonds. The molecule has 34 heavy (non-hydrogen) atoms. The zero-order valence-corrected chi connectivity index (χ0v) is 19.7. The maximum absolute atomic E-state index is 12.9. The summed E-state index contributed by atoms with van der Waals surface area (Å²) in [5.74, 6) is 0.852. The molecule has 4 rings (SSSR count). The summed E-state index contributed by atoms with van der Waals surface area (Å²) in [4.78, 5) is 25.0. The summed E-state index contributed by atoms with van der Waals surface area (Å²) < 4.78 is 0. The Hall–Kier alpha value is -4.00. The number of aliphatic imine (C=N–C) groups is 1. The van der Waals surface area contributed by atoms with Gasteiger partial charge in [0.2, 0.25) is 0 Å². The van der Waals surface area contributed by atoms with Crippen LogP contribution in [-0.2, 0) is 6.42 Å². The van der Waals surface area contributed by atoms with Crippen molar-refractivity contribution in [2.24, 2.45) is 4.99 Å². The number of anilines is 2. The molecule has 0 radical (unpaired) electrons. The van der Waals surface area contributed by atoms with Crippen LogP contribution in [0, 0.1) is 6.92 Å². The van der Waals surface area contributed by atoms with Crippen molar-refractivity contribution in [1.82, 2.24) is 4.90 Å². The van der Waals surface area contributed by atoms with Crippen molar-refractivity contribution in [2.75, 3.05) is 23.9 Å². The van der Waals surface area contributed by atoms with Gasteiger partial charge >= 0.3 is 0 Å². The standard InChI is InChI=1S/C27H30N4O3/c1-4-19-9-8-12-25(26(19)28-5-2)34-30-22-14-13-20(15-18(22)3)27(33)31-16-21(17-31)29-23-10-6-7-11-24(23)32/h5-15,21,29-30,32H,4,16-17H2,1-3H3. The number of phenolic OH excluding ortho intramolecular Hbond substituents is 1. The smallest absolute Gasteiger partial charge is 0.254 e. The van der Waals surface area contributed by atoms with E-state index in [1.807, 2.05) is 56.3 Å². The van der Waals surface area contributed by atoms with Crippen LogP contribution in [0.5, 0.6) is 11.5 Å². The Balaban J connectivity index is 1.37. The molecule has 0 aromatic heterocycles. The van der Waals surface area contributed by atoms with Gasteiger partial charge in [-0.1, -0.05) is 31.2 Å². The van der Waals surface area contributed by atoms with Gasteiger partial charge in [0.15, 0.2) is 5.75 Å². The van der Waals surface area contributed by atoms with Gasteiger partial charge in [-0.2, -0.15) is 0 Å². The number of carbonyl (C=O) groups excluding carboxylic acids is 1. The van der Waals surface area contributed by atoms with Crippen LogP contribution in [-0.4, -0.2) is 41.3 Å². The van der Waals surface area contributed by atoms with Gasteiger partial charge in [0.05, 0.1) is 17.4 Å². The van der Waals surface area contributed by atoms with Crippen LogP contribution in [0.3, 0.4) is 0 Å². The molecule has 0 atom stereocenters. The fraction of sp³-hybridized carbons (Fsp3) is 0.259. The lowest BCUT2D eigenvalue weighted by Crippen LogP contribution is -2.57. The minimum atomic E-state index is -0.0129. The number of phenols is 1. The number of carbonyl (C=O) groups is 1. The van der Waals surface area contributed by atoms with Crippen molar-refractivity contribution in [3.05, 3.63) is 77.4 Å². The number of aryl methyl sites for hydroxylation is 2. The number of para-hydroxylation sites is 3. The number of likely N-dealkylation sites (tertiary alicyclic amines) is 1. The zero-order valence-electron chi connectivity index (χ0n) is 19.7. The van der Waals surface area contributed by atoms with Gasteiger partial charge in [-0.15, -0.1) is 0 Å². The molecule has 1 fully saturated rings. The van der Waals surface area contributed by atoms with Crippen molar-refractivity contribution in [2.45, 2.75) is 33.2 Å². The van der Waals surface area contributed by atoms with Gasteiger partial charge in [0, 0.05) is 24.9 Å². The van der Waals surface area contributed by atoms with E-state index in [1.54, 1.807) is 29.3 Å². The Morgan fingerprint density at radius 1 is 1.15 bits per heavy atom. The summed E-state index contributed by atoms with van der Waals surface area (Å²) in [6.45, 7) is 7.08. The topological polar surface area (TPSA) is 86.2 Å². The average molecular weight is 459 g/mol. The zero-order chi connectivity index (χ0) is 24.1. The second-order valence-corrected chi connectivity index (χ2v) is 8.31. The molecule has 1 heterocycles. The highest BCUT2D eigenvalue weighted by Gasteiger charge is 2.31. The normalized spacial score (nSPS) is 13.6. The molecule has 1 aliphatic heterocycles. The summed E-state index contributed by atoms with van der Waals surface area (Å²) >= 11 is 0. The molecule has 3 aromatic carbocycles. The maximum atomic E-state index is 12.9. The first-order chi connectivity index (χ1) is 16.5. The lowest BCUT2D eigenvalue weighted by Gasteiger charge is -2.40. The molecule has 0 unspecified atom stereocenters. The Morgan fingerprint density at radius 2 is 1.94 bits per heavy atom. The van der Waals surface area contributed by atoms with Gasteiger partial charge in [-0.25, -0.2) is 5.48 Å². The molecule has 7 nitrogen and oxygen atoms in total. The van der Waals surface area contributed by atoms with E-state index >= 15 is 0 Å². The van der Waals surface area contributed by atoms with E-state index in [4.69, 9.17) is 4.84 Å². The monoisotopic (exact) mass is 458 g/mol. The van der Waals surface area contributed by atoms with Crippen LogP contribution in [0.2, 0.25) is 0 Å². The second kappa shape index (κ2) is 10.3. The highest BCUT2D eigenvalue weighted by Crippen LogP contribution is 2.32. The molecular formula is C27H30N4O3. The molecule has 7 heteroatoms. The molecule has 3 N–H and O–H groups in total. The largest absolute Gasteiger partial charge is 0.506 e. The Labute approximate surface area is 200 Å². The van der Waals surface area contributed by atoms with Crippen molar-refractivity contribution in [3.8, 4) is 11.5 Å². The van der Waals surface area contributed by atoms with E-state index in [1.165, 1.54) is 0 Å². The van der Waals surface area contributed by atoms with Gasteiger partial charge in [-0.05, 0) is 67.8 Å². The molecule has 1 aliphatic rings. The summed E-state index contributed by atoms with van der Waals surface area (Å²) in [5, 5.41) is 13.2. The number of nitrogens with zero attached hydrogens (tertiary/aromatic N) is 2. The summed E-state index contributed by atoms with van der Waals surface area (Å²) in [6.07, 6.45) is 2.62. The first-order valence-electron chi connectivity index (χ1n) is 11.5. The number of nitrogens with one attached hydrogen (secondary N) is 2. The third-order valence-electron chi connectivity index (χ3n) is 5.90. The predicted molar refractivity (Wildman–Crippen MR) is 136 cm³/mol. The second-order valence-electron chi connectivity index (χ2n) is 8.31. The van der Waals surface area contributed by atoms with Crippen molar-refractivity contribution >= 4 is 29.2 Å². The van der Waals surface area contributed by atoms with Crippen LogP contribution < -0.4 is 15.6 Å². The molecule has 3 aromatic rings. The van der Waals surface area contributed by atoms with E-state index in [-0.39, 0.29) is 17.7 Å². The summed E-state index contributed by atoms with van der Waals surface area (Å²) in [5.41, 5.74) is 7.94. The van der Waals surface area contributed by atoms with Crippen molar-refractivity contribution < 1.29 is 14.7 Å². The van der Waals surface area contributed by atoms with Crippen molar-refractivity contribution in [1.29, 1.82) is 0 Å². The van der Waals surface area contributed by atoms with Crippen molar-refractivity contribution in [3.63, 3.8) is 0 Å². The Bertz CT molecular complexity index is 1200. The van der Waals surface area contributed by atoms with E-state index in [0.717, 1.165) is 28.9 Å². The number of benzene rings is 3. The molecule has 0 saturated carbocycles. The number of aromatic hydroxyl groups is 1. The summed E-state index contributed by atoms with van der Waals surface area (Å²) in [6, 6.07) is 18.6. The van der Waals surface area contributed by atoms with Gasteiger partial charge < -0.3 is 20.2 Å². The minimum absolute atomic E-state index is 0.0129. The van der Waals surface area contributed by atoms with Crippen LogP contribution in [0.4, 0.5) is 17.1 Å². The van der Waals surface area contributed by atoms with E-state index in [2.05, 4.69) is 22.7 Å². The molecule has 0 bridgehead atoms. The molecule has 1 saturated heterocycles. The third-order valence-corrected chi connectivity index (χ3v) is 5.90. The van der Waals surface area contributed by atoms with E-state index in [0.29, 0.717) is 30.1 Å². The third kappa shape index (κ3) is 4.98. The average Bonchev–Trinajstić information content (AvgIpc) is 2.81. The highest BCUT2D eigenvalue weighted by atomic mass is 16.6. The van der Waals surface area contributed by atoms with Crippen LogP contribution in [0.25, 0.3) is 0 Å². The van der Waals surface area contributed by atoms with Crippen LogP contribution in [0.1, 0.15) is 35.3 Å². The lowest BCUT2D eigenvalue weighted by molar-refractivity contribution is 0.0625. The molecule has 176 valence electrons. The Morgan fingerprint density at radius 3 is 2.65 bits per heavy atom. The lowest BCUT2D eigenvalue weighted by atomic mass is 10.0. The highest BCUT2D eigenvalue weighted by molar-refractivity contribution is 5.95. The van der Waals surface area contributed by atoms with E-state index < -0.39 is 0 Å². The van der Waals surface area contributed by atoms with Gasteiger partial charge in [0.25, 0.3) is 5.91 Å². The van der Waals surface area contributed by atoms with Gasteiger partial charge in [-0.3, -0.25) is 9.79 Å². The molecule has 0 aliphatic carbocycles. The van der Waals surface area contributed by atoms with E-state index in [9.17, 15) is 9.90 Å². The number of hydrogen-bond donors (Lipinski definition) is 3. The fourth-order valence-electron chi connectivity index (χ4n) is 3.97. The summed E-state index contributed by atoms with van der Waals surface area (Å²) in [7, 11) is 0. The fourth-order valence-corrected chi connectivity index (χ4v) is 3.97. The first kappa shape index (κ1) is 23.2. The number of amides is 1. The molecule has 0 spiro atoms. The quantitative estimate of drug-likeness (QED) is 0.241. The SMILES string of the molecule is CC=Nc1c(CC)cccc1ONc1ccc(C(=O)N2CC(Nc3ccccc3O)C2)cc1C. The van der Waals surface area contributed by atoms with Crippen LogP contribution >= 0.6 is 0 Å². The Kier molecular flexibility index (Phi) is 7.01. The first-order valence-corrected chi connectivity index (χ1v) is 11.5. The van der Waals surface area contributed by atoms with Gasteiger partial charge in [0.1, 0.15) is 11.4 Å².